The van der Waals surface area contributed by atoms with Gasteiger partial charge in [-0.25, -0.2) is 0 Å². The molecule has 0 amide bonds. The van der Waals surface area contributed by atoms with E-state index in [0.717, 1.165) is 24.4 Å². The predicted molar refractivity (Wildman–Crippen MR) is 99.1 cm³/mol. The molecule has 0 saturated carbocycles. The highest BCUT2D eigenvalue weighted by Crippen LogP contribution is 2.28. The molecule has 0 saturated heterocycles. The van der Waals surface area contributed by atoms with Gasteiger partial charge in [-0.05, 0) is 40.8 Å². The normalized spacial score (nSPS) is 10.8. The van der Waals surface area contributed by atoms with Crippen molar-refractivity contribution in [1.29, 1.82) is 0 Å². The lowest BCUT2D eigenvalue weighted by atomic mass is 10.0. The lowest BCUT2D eigenvalue weighted by Crippen LogP contribution is -2.13. The van der Waals surface area contributed by atoms with Crippen molar-refractivity contribution < 1.29 is 4.74 Å². The third-order valence-corrected chi connectivity index (χ3v) is 4.53. The van der Waals surface area contributed by atoms with Crippen LogP contribution < -0.4 is 10.1 Å². The number of benzene rings is 2. The van der Waals surface area contributed by atoms with Gasteiger partial charge in [0.25, 0.3) is 0 Å². The highest BCUT2D eigenvalue weighted by molar-refractivity contribution is 7.09. The third-order valence-electron chi connectivity index (χ3n) is 3.65. The molecule has 0 fully saturated rings. The largest absolute Gasteiger partial charge is 0.489 e. The third kappa shape index (κ3) is 4.01. The quantitative estimate of drug-likeness (QED) is 0.607. The van der Waals surface area contributed by atoms with Crippen LogP contribution in [0.5, 0.6) is 5.75 Å². The van der Waals surface area contributed by atoms with Crippen LogP contribution in [0.2, 0.25) is 0 Å². The van der Waals surface area contributed by atoms with E-state index in [1.54, 1.807) is 11.3 Å². The second-order valence-corrected chi connectivity index (χ2v) is 6.72. The number of hydrogen-bond donors (Lipinski definition) is 1. The Bertz CT molecular complexity index is 793. The Morgan fingerprint density at radius 2 is 1.96 bits per heavy atom. The molecule has 0 spiro atoms. The van der Waals surface area contributed by atoms with E-state index in [1.807, 2.05) is 6.92 Å². The molecule has 0 unspecified atom stereocenters. The number of thiophene rings is 1. The van der Waals surface area contributed by atoms with E-state index < -0.39 is 0 Å². The lowest BCUT2D eigenvalue weighted by Gasteiger charge is -2.15. The highest BCUT2D eigenvalue weighted by atomic mass is 32.1. The highest BCUT2D eigenvalue weighted by Gasteiger charge is 2.09. The van der Waals surface area contributed by atoms with Crippen LogP contribution in [0.15, 0.2) is 66.1 Å². The van der Waals surface area contributed by atoms with E-state index in [9.17, 15) is 0 Å². The van der Waals surface area contributed by atoms with Gasteiger partial charge in [-0.3, -0.25) is 0 Å². The van der Waals surface area contributed by atoms with Crippen molar-refractivity contribution in [3.05, 3.63) is 76.5 Å². The van der Waals surface area contributed by atoms with Crippen LogP contribution in [0.25, 0.3) is 10.8 Å². The fourth-order valence-corrected chi connectivity index (χ4v) is 3.23. The minimum Gasteiger partial charge on any atom is -0.489 e. The molecule has 1 aromatic heterocycles. The predicted octanol–water partition coefficient (Wildman–Crippen LogP) is 5.15. The molecule has 3 aromatic rings. The topological polar surface area (TPSA) is 21.3 Å². The van der Waals surface area contributed by atoms with Crippen molar-refractivity contribution in [2.45, 2.75) is 20.0 Å². The second kappa shape index (κ2) is 7.44. The molecule has 2 aromatic carbocycles. The molecule has 0 bridgehead atoms. The van der Waals surface area contributed by atoms with Crippen molar-refractivity contribution in [1.82, 2.24) is 5.32 Å². The molecule has 0 aliphatic rings. The van der Waals surface area contributed by atoms with Gasteiger partial charge in [-0.15, -0.1) is 11.3 Å². The summed E-state index contributed by atoms with van der Waals surface area (Å²) in [6.45, 7) is 8.11. The van der Waals surface area contributed by atoms with Crippen LogP contribution >= 0.6 is 11.3 Å². The van der Waals surface area contributed by atoms with Crippen LogP contribution in [0, 0.1) is 0 Å². The molecule has 0 aliphatic carbocycles. The number of nitrogens with one attached hydrogen (secondary N) is 1. The van der Waals surface area contributed by atoms with Gasteiger partial charge >= 0.3 is 0 Å². The van der Waals surface area contributed by atoms with Crippen LogP contribution in [0.1, 0.15) is 17.4 Å². The maximum atomic E-state index is 5.96. The summed E-state index contributed by atoms with van der Waals surface area (Å²) in [6, 6.07) is 16.9. The van der Waals surface area contributed by atoms with E-state index >= 15 is 0 Å². The summed E-state index contributed by atoms with van der Waals surface area (Å²) in [4.78, 5) is 1.34. The van der Waals surface area contributed by atoms with Crippen LogP contribution in [0.4, 0.5) is 0 Å². The van der Waals surface area contributed by atoms with Crippen LogP contribution in [-0.2, 0) is 13.1 Å². The second-order valence-electron chi connectivity index (χ2n) is 5.69. The first-order valence-corrected chi connectivity index (χ1v) is 8.63. The van der Waals surface area contributed by atoms with Gasteiger partial charge in [0.15, 0.2) is 0 Å². The summed E-state index contributed by atoms with van der Waals surface area (Å²) in [5.74, 6) is 0.936. The van der Waals surface area contributed by atoms with Crippen LogP contribution in [-0.4, -0.2) is 6.61 Å². The molecule has 0 radical (unpaired) electrons. The average Bonchev–Trinajstić information content (AvgIpc) is 3.07. The fourth-order valence-electron chi connectivity index (χ4n) is 2.56. The van der Waals surface area contributed by atoms with Gasteiger partial charge in [0, 0.05) is 23.5 Å². The summed E-state index contributed by atoms with van der Waals surface area (Å²) in [6.07, 6.45) is 0. The van der Waals surface area contributed by atoms with Gasteiger partial charge in [-0.2, -0.15) is 0 Å². The standard InChI is InChI=1S/C20H21NOS/c1-15(2)14-22-20-10-9-16-6-3-4-8-18(16)19(20)13-21-12-17-7-5-11-23-17/h3-11,21H,1,12-14H2,2H3. The molecule has 3 heteroatoms. The maximum absolute atomic E-state index is 5.96. The maximum Gasteiger partial charge on any atom is 0.124 e. The van der Waals surface area contributed by atoms with E-state index in [1.165, 1.54) is 21.2 Å². The smallest absolute Gasteiger partial charge is 0.124 e. The molecule has 3 rings (SSSR count). The molecule has 2 nitrogen and oxygen atoms in total. The van der Waals surface area contributed by atoms with E-state index in [4.69, 9.17) is 4.74 Å². The summed E-state index contributed by atoms with van der Waals surface area (Å²) in [7, 11) is 0. The van der Waals surface area contributed by atoms with Gasteiger partial charge in [0.05, 0.1) is 0 Å². The van der Waals surface area contributed by atoms with Crippen molar-refractivity contribution in [3.63, 3.8) is 0 Å². The first-order valence-electron chi connectivity index (χ1n) is 7.75. The number of ether oxygens (including phenoxy) is 1. The molecule has 1 heterocycles. The monoisotopic (exact) mass is 323 g/mol. The Labute approximate surface area is 141 Å². The number of hydrogen-bond acceptors (Lipinski definition) is 3. The SMILES string of the molecule is C=C(C)COc1ccc2ccccc2c1CNCc1cccs1. The zero-order valence-electron chi connectivity index (χ0n) is 13.3. The zero-order valence-corrected chi connectivity index (χ0v) is 14.2. The Balaban J connectivity index is 1.84. The fraction of sp³-hybridized carbons (Fsp3) is 0.200. The molecule has 1 N–H and O–H groups in total. The van der Waals surface area contributed by atoms with E-state index in [-0.39, 0.29) is 0 Å². The lowest BCUT2D eigenvalue weighted by molar-refractivity contribution is 0.348. The molecular formula is C20H21NOS. The average molecular weight is 323 g/mol. The summed E-state index contributed by atoms with van der Waals surface area (Å²) in [5, 5.41) is 8.12. The Morgan fingerprint density at radius 1 is 1.09 bits per heavy atom. The molecule has 23 heavy (non-hydrogen) atoms. The number of fused-ring (bicyclic) bond motifs is 1. The van der Waals surface area contributed by atoms with Crippen molar-refractivity contribution in [2.75, 3.05) is 6.61 Å². The van der Waals surface area contributed by atoms with Crippen molar-refractivity contribution in [3.8, 4) is 5.75 Å². The minimum absolute atomic E-state index is 0.552. The zero-order chi connectivity index (χ0) is 16.1. The Morgan fingerprint density at radius 3 is 2.74 bits per heavy atom. The summed E-state index contributed by atoms with van der Waals surface area (Å²) < 4.78 is 5.96. The Hall–Kier alpha value is -2.10. The molecule has 118 valence electrons. The minimum atomic E-state index is 0.552. The van der Waals surface area contributed by atoms with Gasteiger partial charge in [0.2, 0.25) is 0 Å². The summed E-state index contributed by atoms with van der Waals surface area (Å²) in [5.41, 5.74) is 2.23. The van der Waals surface area contributed by atoms with Crippen LogP contribution in [0.3, 0.4) is 0 Å². The molecular weight excluding hydrogens is 302 g/mol. The van der Waals surface area contributed by atoms with E-state index in [2.05, 4.69) is 65.8 Å². The van der Waals surface area contributed by atoms with Crippen molar-refractivity contribution in [2.24, 2.45) is 0 Å². The van der Waals surface area contributed by atoms with Gasteiger partial charge in [0.1, 0.15) is 12.4 Å². The Kier molecular flexibility index (Phi) is 5.11. The summed E-state index contributed by atoms with van der Waals surface area (Å²) >= 11 is 1.77. The number of rotatable bonds is 7. The molecule has 0 aliphatic heterocycles. The first kappa shape index (κ1) is 15.8. The first-order chi connectivity index (χ1) is 11.2. The van der Waals surface area contributed by atoms with E-state index in [0.29, 0.717) is 6.61 Å². The van der Waals surface area contributed by atoms with Crippen molar-refractivity contribution >= 4 is 22.1 Å². The van der Waals surface area contributed by atoms with Gasteiger partial charge in [-0.1, -0.05) is 43.0 Å². The van der Waals surface area contributed by atoms with Gasteiger partial charge < -0.3 is 10.1 Å². The molecule has 0 atom stereocenters.